The highest BCUT2D eigenvalue weighted by Crippen LogP contribution is 2.40. The highest BCUT2D eigenvalue weighted by molar-refractivity contribution is 6.74. The Bertz CT molecular complexity index is 259. The van der Waals surface area contributed by atoms with Crippen molar-refractivity contribution in [1.29, 1.82) is 0 Å². The summed E-state index contributed by atoms with van der Waals surface area (Å²) in [5.74, 6) is 0.769. The molecule has 2 heteroatoms. The second kappa shape index (κ2) is 6.38. The van der Waals surface area contributed by atoms with Crippen LogP contribution in [0, 0.1) is 5.92 Å². The predicted octanol–water partition coefficient (Wildman–Crippen LogP) is 5.53. The van der Waals surface area contributed by atoms with Gasteiger partial charge in [0.25, 0.3) is 0 Å². The van der Waals surface area contributed by atoms with Crippen molar-refractivity contribution in [3.05, 3.63) is 12.7 Å². The topological polar surface area (TPSA) is 9.23 Å². The molecule has 0 spiro atoms. The first-order valence-electron chi connectivity index (χ1n) is 7.56. The predicted molar refractivity (Wildman–Crippen MR) is 83.5 cm³/mol. The molecule has 0 aromatic carbocycles. The van der Waals surface area contributed by atoms with Gasteiger partial charge in [0, 0.05) is 0 Å². The first-order valence-corrected chi connectivity index (χ1v) is 10.5. The SMILES string of the molecule is C=CC[C@H](O[Si](C)(C)C(C)(C)C)C1CCCCC1. The van der Waals surface area contributed by atoms with Gasteiger partial charge in [-0.15, -0.1) is 6.58 Å². The van der Waals surface area contributed by atoms with E-state index < -0.39 is 8.32 Å². The molecule has 0 aliphatic heterocycles. The van der Waals surface area contributed by atoms with Gasteiger partial charge in [-0.05, 0) is 43.3 Å². The molecule has 0 saturated heterocycles. The fourth-order valence-electron chi connectivity index (χ4n) is 2.56. The molecule has 1 rings (SSSR count). The van der Waals surface area contributed by atoms with E-state index in [4.69, 9.17) is 4.43 Å². The van der Waals surface area contributed by atoms with Gasteiger partial charge in [0.15, 0.2) is 8.32 Å². The third kappa shape index (κ3) is 4.24. The lowest BCUT2D eigenvalue weighted by Gasteiger charge is -2.42. The highest BCUT2D eigenvalue weighted by Gasteiger charge is 2.40. The Hall–Kier alpha value is -0.0831. The molecule has 0 amide bonds. The van der Waals surface area contributed by atoms with Gasteiger partial charge in [-0.25, -0.2) is 0 Å². The molecule has 18 heavy (non-hydrogen) atoms. The summed E-state index contributed by atoms with van der Waals surface area (Å²) in [5.41, 5.74) is 0. The average molecular weight is 269 g/mol. The van der Waals surface area contributed by atoms with E-state index in [-0.39, 0.29) is 0 Å². The monoisotopic (exact) mass is 268 g/mol. The van der Waals surface area contributed by atoms with E-state index >= 15 is 0 Å². The van der Waals surface area contributed by atoms with Gasteiger partial charge in [0.1, 0.15) is 0 Å². The minimum absolute atomic E-state index is 0.307. The lowest BCUT2D eigenvalue weighted by molar-refractivity contribution is 0.0960. The molecule has 0 radical (unpaired) electrons. The molecule has 0 unspecified atom stereocenters. The molecule has 0 heterocycles. The molecular weight excluding hydrogens is 236 g/mol. The second-order valence-corrected chi connectivity index (χ2v) is 12.1. The van der Waals surface area contributed by atoms with Crippen LogP contribution >= 0.6 is 0 Å². The van der Waals surface area contributed by atoms with E-state index in [2.05, 4.69) is 40.4 Å². The maximum absolute atomic E-state index is 6.65. The Morgan fingerprint density at radius 3 is 2.22 bits per heavy atom. The van der Waals surface area contributed by atoms with Crippen molar-refractivity contribution in [1.82, 2.24) is 0 Å². The fourth-order valence-corrected chi connectivity index (χ4v) is 3.96. The zero-order chi connectivity index (χ0) is 13.8. The molecular formula is C16H32OSi. The molecule has 1 atom stereocenters. The van der Waals surface area contributed by atoms with Crippen molar-refractivity contribution in [2.24, 2.45) is 5.92 Å². The highest BCUT2D eigenvalue weighted by atomic mass is 28.4. The van der Waals surface area contributed by atoms with Crippen molar-refractivity contribution in [2.45, 2.75) is 83.5 Å². The zero-order valence-corrected chi connectivity index (χ0v) is 14.1. The summed E-state index contributed by atoms with van der Waals surface area (Å²) in [4.78, 5) is 0. The summed E-state index contributed by atoms with van der Waals surface area (Å²) in [6.07, 6.45) is 10.4. The maximum Gasteiger partial charge on any atom is 0.192 e. The smallest absolute Gasteiger partial charge is 0.192 e. The van der Waals surface area contributed by atoms with Gasteiger partial charge in [-0.1, -0.05) is 46.1 Å². The van der Waals surface area contributed by atoms with Gasteiger partial charge < -0.3 is 4.43 Å². The minimum Gasteiger partial charge on any atom is -0.413 e. The zero-order valence-electron chi connectivity index (χ0n) is 13.1. The van der Waals surface area contributed by atoms with Gasteiger partial charge in [-0.3, -0.25) is 0 Å². The van der Waals surface area contributed by atoms with E-state index in [0.717, 1.165) is 12.3 Å². The Balaban J connectivity index is 2.70. The molecule has 0 bridgehead atoms. The summed E-state index contributed by atoms with van der Waals surface area (Å²) in [7, 11) is -1.64. The van der Waals surface area contributed by atoms with Crippen LogP contribution in [0.2, 0.25) is 18.1 Å². The lowest BCUT2D eigenvalue weighted by Crippen LogP contribution is -2.46. The quantitative estimate of drug-likeness (QED) is 0.470. The standard InChI is InChI=1S/C16H32OSi/c1-7-11-15(14-12-9-8-10-13-14)17-18(5,6)16(2,3)4/h7,14-15H,1,8-13H2,2-6H3/t15-/m0/s1. The third-order valence-electron chi connectivity index (χ3n) is 4.83. The largest absolute Gasteiger partial charge is 0.413 e. The summed E-state index contributed by atoms with van der Waals surface area (Å²) < 4.78 is 6.65. The molecule has 1 fully saturated rings. The van der Waals surface area contributed by atoms with Crippen LogP contribution in [-0.4, -0.2) is 14.4 Å². The Morgan fingerprint density at radius 1 is 1.22 bits per heavy atom. The molecule has 1 aliphatic carbocycles. The minimum atomic E-state index is -1.64. The van der Waals surface area contributed by atoms with Crippen molar-refractivity contribution in [3.8, 4) is 0 Å². The summed E-state index contributed by atoms with van der Waals surface area (Å²) in [5, 5.41) is 0.307. The van der Waals surface area contributed by atoms with Crippen LogP contribution in [0.25, 0.3) is 0 Å². The van der Waals surface area contributed by atoms with Gasteiger partial charge in [0.2, 0.25) is 0 Å². The van der Waals surface area contributed by atoms with Crippen LogP contribution in [0.4, 0.5) is 0 Å². The normalized spacial score (nSPS) is 20.7. The molecule has 0 N–H and O–H groups in total. The number of hydrogen-bond donors (Lipinski definition) is 0. The van der Waals surface area contributed by atoms with Gasteiger partial charge in [0.05, 0.1) is 6.10 Å². The Kier molecular flexibility index (Phi) is 5.66. The Labute approximate surface area is 115 Å². The van der Waals surface area contributed by atoms with Gasteiger partial charge in [-0.2, -0.15) is 0 Å². The van der Waals surface area contributed by atoms with Crippen LogP contribution in [0.5, 0.6) is 0 Å². The molecule has 0 aromatic heterocycles. The first-order chi connectivity index (χ1) is 8.28. The molecule has 1 aliphatic rings. The van der Waals surface area contributed by atoms with Crippen molar-refractivity contribution >= 4 is 8.32 Å². The van der Waals surface area contributed by atoms with Crippen LogP contribution in [0.1, 0.15) is 59.3 Å². The fraction of sp³-hybridized carbons (Fsp3) is 0.875. The molecule has 0 aromatic rings. The van der Waals surface area contributed by atoms with Gasteiger partial charge >= 0.3 is 0 Å². The van der Waals surface area contributed by atoms with E-state index in [1.165, 1.54) is 32.1 Å². The summed E-state index contributed by atoms with van der Waals surface area (Å²) in [6.45, 7) is 15.6. The van der Waals surface area contributed by atoms with Crippen LogP contribution < -0.4 is 0 Å². The summed E-state index contributed by atoms with van der Waals surface area (Å²) in [6, 6.07) is 0. The molecule has 1 nitrogen and oxygen atoms in total. The van der Waals surface area contributed by atoms with Crippen LogP contribution in [0.3, 0.4) is 0 Å². The van der Waals surface area contributed by atoms with E-state index in [0.29, 0.717) is 11.1 Å². The average Bonchev–Trinajstić information content (AvgIpc) is 2.28. The van der Waals surface area contributed by atoms with E-state index in [1.807, 2.05) is 6.08 Å². The third-order valence-corrected chi connectivity index (χ3v) is 9.33. The molecule has 106 valence electrons. The second-order valence-electron chi connectivity index (χ2n) is 7.34. The van der Waals surface area contributed by atoms with E-state index in [1.54, 1.807) is 0 Å². The van der Waals surface area contributed by atoms with Crippen molar-refractivity contribution in [3.63, 3.8) is 0 Å². The maximum atomic E-state index is 6.65. The van der Waals surface area contributed by atoms with Crippen molar-refractivity contribution < 1.29 is 4.43 Å². The summed E-state index contributed by atoms with van der Waals surface area (Å²) >= 11 is 0. The first kappa shape index (κ1) is 16.0. The lowest BCUT2D eigenvalue weighted by atomic mass is 9.84. The van der Waals surface area contributed by atoms with Crippen LogP contribution in [-0.2, 0) is 4.43 Å². The van der Waals surface area contributed by atoms with Crippen LogP contribution in [0.15, 0.2) is 12.7 Å². The Morgan fingerprint density at radius 2 is 1.78 bits per heavy atom. The number of hydrogen-bond acceptors (Lipinski definition) is 1. The van der Waals surface area contributed by atoms with E-state index in [9.17, 15) is 0 Å². The molecule has 1 saturated carbocycles. The number of rotatable bonds is 5. The van der Waals surface area contributed by atoms with Crippen molar-refractivity contribution in [2.75, 3.05) is 0 Å².